The fourth-order valence-corrected chi connectivity index (χ4v) is 3.15. The number of hydrogen-bond donors (Lipinski definition) is 0. The van der Waals surface area contributed by atoms with Gasteiger partial charge in [-0.2, -0.15) is 0 Å². The Bertz CT molecular complexity index is 670. The number of benzene rings is 1. The summed E-state index contributed by atoms with van der Waals surface area (Å²) in [6, 6.07) is 2.98. The molecule has 26 heavy (non-hydrogen) atoms. The SMILES string of the molecule is CN(C)C(=O)CN1CCCN(C(=O)COc2cc(Cl)c(Cl)cc2Cl)CC1. The molecule has 0 radical (unpaired) electrons. The highest BCUT2D eigenvalue weighted by atomic mass is 35.5. The first kappa shape index (κ1) is 21.1. The van der Waals surface area contributed by atoms with Gasteiger partial charge in [-0.1, -0.05) is 34.8 Å². The van der Waals surface area contributed by atoms with Crippen LogP contribution in [0.25, 0.3) is 0 Å². The van der Waals surface area contributed by atoms with Crippen LogP contribution < -0.4 is 4.74 Å². The Morgan fingerprint density at radius 1 is 1.04 bits per heavy atom. The lowest BCUT2D eigenvalue weighted by Crippen LogP contribution is -2.40. The van der Waals surface area contributed by atoms with Crippen molar-refractivity contribution >= 4 is 46.6 Å². The van der Waals surface area contributed by atoms with E-state index >= 15 is 0 Å². The standard InChI is InChI=1S/C17H22Cl3N3O3/c1-21(2)16(24)10-22-4-3-5-23(7-6-22)17(25)11-26-15-9-13(19)12(18)8-14(15)20/h8-9H,3-7,10-11H2,1-2H3. The Morgan fingerprint density at radius 2 is 1.73 bits per heavy atom. The number of carbonyl (C=O) groups excluding carboxylic acids is 2. The minimum Gasteiger partial charge on any atom is -0.482 e. The van der Waals surface area contributed by atoms with E-state index in [0.717, 1.165) is 13.0 Å². The van der Waals surface area contributed by atoms with Gasteiger partial charge >= 0.3 is 0 Å². The van der Waals surface area contributed by atoms with Gasteiger partial charge in [0.15, 0.2) is 6.61 Å². The molecule has 2 rings (SSSR count). The third-order valence-electron chi connectivity index (χ3n) is 4.12. The quantitative estimate of drug-likeness (QED) is 0.685. The Kier molecular flexibility index (Phi) is 7.83. The molecular formula is C17H22Cl3N3O3. The molecule has 144 valence electrons. The topological polar surface area (TPSA) is 53.1 Å². The van der Waals surface area contributed by atoms with Crippen molar-refractivity contribution in [2.24, 2.45) is 0 Å². The zero-order chi connectivity index (χ0) is 19.3. The summed E-state index contributed by atoms with van der Waals surface area (Å²) >= 11 is 17.9. The van der Waals surface area contributed by atoms with E-state index in [-0.39, 0.29) is 18.4 Å². The van der Waals surface area contributed by atoms with Crippen molar-refractivity contribution in [3.05, 3.63) is 27.2 Å². The van der Waals surface area contributed by atoms with Crippen LogP contribution in [0.2, 0.25) is 15.1 Å². The maximum absolute atomic E-state index is 12.4. The maximum Gasteiger partial charge on any atom is 0.260 e. The molecule has 0 atom stereocenters. The number of halogens is 3. The molecule has 0 unspecified atom stereocenters. The molecule has 0 aliphatic carbocycles. The van der Waals surface area contributed by atoms with Crippen molar-refractivity contribution in [1.29, 1.82) is 0 Å². The lowest BCUT2D eigenvalue weighted by molar-refractivity contribution is -0.133. The second-order valence-electron chi connectivity index (χ2n) is 6.28. The van der Waals surface area contributed by atoms with E-state index in [1.165, 1.54) is 12.1 Å². The number of amides is 2. The Balaban J connectivity index is 1.86. The number of ether oxygens (including phenoxy) is 1. The number of hydrogen-bond acceptors (Lipinski definition) is 4. The Morgan fingerprint density at radius 3 is 2.42 bits per heavy atom. The molecule has 6 nitrogen and oxygen atoms in total. The second-order valence-corrected chi connectivity index (χ2v) is 7.51. The predicted octanol–water partition coefficient (Wildman–Crippen LogP) is 2.65. The molecule has 1 aliphatic heterocycles. The summed E-state index contributed by atoms with van der Waals surface area (Å²) < 4.78 is 5.51. The highest BCUT2D eigenvalue weighted by Crippen LogP contribution is 2.33. The molecule has 1 aromatic rings. The summed E-state index contributed by atoms with van der Waals surface area (Å²) in [5.74, 6) is 0.248. The Hall–Kier alpha value is -1.21. The highest BCUT2D eigenvalue weighted by molar-refractivity contribution is 6.43. The van der Waals surface area contributed by atoms with Crippen LogP contribution in [-0.4, -0.2) is 79.9 Å². The van der Waals surface area contributed by atoms with E-state index in [2.05, 4.69) is 4.90 Å². The van der Waals surface area contributed by atoms with Gasteiger partial charge in [0.25, 0.3) is 5.91 Å². The molecule has 2 amide bonds. The van der Waals surface area contributed by atoms with Crippen LogP contribution in [0.3, 0.4) is 0 Å². The predicted molar refractivity (Wildman–Crippen MR) is 103 cm³/mol. The molecule has 0 N–H and O–H groups in total. The monoisotopic (exact) mass is 421 g/mol. The average molecular weight is 423 g/mol. The smallest absolute Gasteiger partial charge is 0.260 e. The van der Waals surface area contributed by atoms with Gasteiger partial charge in [0.05, 0.1) is 21.6 Å². The van der Waals surface area contributed by atoms with Gasteiger partial charge < -0.3 is 14.5 Å². The fraction of sp³-hybridized carbons (Fsp3) is 0.529. The molecule has 1 heterocycles. The largest absolute Gasteiger partial charge is 0.482 e. The van der Waals surface area contributed by atoms with Gasteiger partial charge in [-0.3, -0.25) is 14.5 Å². The average Bonchev–Trinajstić information content (AvgIpc) is 2.82. The van der Waals surface area contributed by atoms with E-state index in [1.807, 2.05) is 0 Å². The van der Waals surface area contributed by atoms with Crippen molar-refractivity contribution in [2.45, 2.75) is 6.42 Å². The molecule has 9 heteroatoms. The summed E-state index contributed by atoms with van der Waals surface area (Å²) in [7, 11) is 3.48. The van der Waals surface area contributed by atoms with E-state index in [0.29, 0.717) is 47.0 Å². The van der Waals surface area contributed by atoms with Gasteiger partial charge in [-0.05, 0) is 12.5 Å². The summed E-state index contributed by atoms with van der Waals surface area (Å²) in [5.41, 5.74) is 0. The van der Waals surface area contributed by atoms with Gasteiger partial charge in [-0.15, -0.1) is 0 Å². The van der Waals surface area contributed by atoms with Gasteiger partial charge in [0, 0.05) is 46.3 Å². The number of likely N-dealkylation sites (N-methyl/N-ethyl adjacent to an activating group) is 1. The summed E-state index contributed by atoms with van der Waals surface area (Å²) in [4.78, 5) is 29.6. The van der Waals surface area contributed by atoms with Crippen molar-refractivity contribution in [3.8, 4) is 5.75 Å². The third-order valence-corrected chi connectivity index (χ3v) is 5.14. The van der Waals surface area contributed by atoms with Gasteiger partial charge in [0.2, 0.25) is 5.91 Å². The van der Waals surface area contributed by atoms with Gasteiger partial charge in [0.1, 0.15) is 5.75 Å². The van der Waals surface area contributed by atoms with Crippen molar-refractivity contribution in [3.63, 3.8) is 0 Å². The molecular weight excluding hydrogens is 401 g/mol. The third kappa shape index (κ3) is 5.91. The second kappa shape index (κ2) is 9.65. The van der Waals surface area contributed by atoms with Crippen LogP contribution in [-0.2, 0) is 9.59 Å². The van der Waals surface area contributed by atoms with Crippen molar-refractivity contribution in [2.75, 3.05) is 53.4 Å². The lowest BCUT2D eigenvalue weighted by atomic mass is 10.3. The molecule has 0 saturated carbocycles. The zero-order valence-corrected chi connectivity index (χ0v) is 17.1. The number of nitrogens with zero attached hydrogens (tertiary/aromatic N) is 3. The fourth-order valence-electron chi connectivity index (χ4n) is 2.56. The molecule has 1 saturated heterocycles. The minimum absolute atomic E-state index is 0.0577. The van der Waals surface area contributed by atoms with Crippen molar-refractivity contribution < 1.29 is 14.3 Å². The zero-order valence-electron chi connectivity index (χ0n) is 14.8. The number of rotatable bonds is 5. The summed E-state index contributed by atoms with van der Waals surface area (Å²) in [6.07, 6.45) is 0.806. The number of carbonyl (C=O) groups is 2. The van der Waals surface area contributed by atoms with Crippen LogP contribution >= 0.6 is 34.8 Å². The maximum atomic E-state index is 12.4. The van der Waals surface area contributed by atoms with Crippen LogP contribution in [0.4, 0.5) is 0 Å². The first-order valence-electron chi connectivity index (χ1n) is 8.25. The summed E-state index contributed by atoms with van der Waals surface area (Å²) in [6.45, 7) is 2.85. The molecule has 0 bridgehead atoms. The van der Waals surface area contributed by atoms with Crippen LogP contribution in [0.15, 0.2) is 12.1 Å². The van der Waals surface area contributed by atoms with Crippen LogP contribution in [0.5, 0.6) is 5.75 Å². The first-order valence-corrected chi connectivity index (χ1v) is 9.39. The van der Waals surface area contributed by atoms with E-state index < -0.39 is 0 Å². The lowest BCUT2D eigenvalue weighted by Gasteiger charge is -2.23. The highest BCUT2D eigenvalue weighted by Gasteiger charge is 2.21. The Labute approximate surface area is 168 Å². The van der Waals surface area contributed by atoms with Gasteiger partial charge in [-0.25, -0.2) is 0 Å². The van der Waals surface area contributed by atoms with Crippen LogP contribution in [0, 0.1) is 0 Å². The van der Waals surface area contributed by atoms with Crippen LogP contribution in [0.1, 0.15) is 6.42 Å². The molecule has 0 aromatic heterocycles. The van der Waals surface area contributed by atoms with Crippen molar-refractivity contribution in [1.82, 2.24) is 14.7 Å². The minimum atomic E-state index is -0.132. The van der Waals surface area contributed by atoms with E-state index in [9.17, 15) is 9.59 Å². The summed E-state index contributed by atoms with van der Waals surface area (Å²) in [5, 5.41) is 0.946. The van der Waals surface area contributed by atoms with E-state index in [4.69, 9.17) is 39.5 Å². The molecule has 0 spiro atoms. The molecule has 1 aromatic carbocycles. The first-order chi connectivity index (χ1) is 12.3. The normalized spacial score (nSPS) is 15.5. The van der Waals surface area contributed by atoms with E-state index in [1.54, 1.807) is 23.9 Å². The molecule has 1 aliphatic rings. The molecule has 1 fully saturated rings.